The summed E-state index contributed by atoms with van der Waals surface area (Å²) in [5, 5.41) is 8.60. The van der Waals surface area contributed by atoms with E-state index in [1.165, 1.54) is 29.7 Å². The third kappa shape index (κ3) is 20.2. The van der Waals surface area contributed by atoms with Gasteiger partial charge in [-0.15, -0.1) is 11.3 Å². The van der Waals surface area contributed by atoms with Gasteiger partial charge in [-0.2, -0.15) is 0 Å². The monoisotopic (exact) mass is 746 g/mol. The number of aromatic nitrogens is 1. The van der Waals surface area contributed by atoms with E-state index >= 15 is 0 Å². The summed E-state index contributed by atoms with van der Waals surface area (Å²) >= 11 is 1.43. The Bertz CT molecular complexity index is 1210. The highest BCUT2D eigenvalue weighted by Gasteiger charge is 2.31. The van der Waals surface area contributed by atoms with Crippen LogP contribution in [0.3, 0.4) is 0 Å². The van der Waals surface area contributed by atoms with Crippen molar-refractivity contribution >= 4 is 35.8 Å². The molecule has 0 saturated heterocycles. The second-order valence-electron chi connectivity index (χ2n) is 13.6. The van der Waals surface area contributed by atoms with Crippen LogP contribution in [0.25, 0.3) is 0 Å². The summed E-state index contributed by atoms with van der Waals surface area (Å²) in [5.41, 5.74) is 1.59. The quantitative estimate of drug-likeness (QED) is 0.112. The van der Waals surface area contributed by atoms with E-state index in [-0.39, 0.29) is 54.9 Å². The van der Waals surface area contributed by atoms with Gasteiger partial charge in [-0.25, -0.2) is 4.98 Å². The molecular formula is C41H71N5O5S. The molecule has 0 aliphatic carbocycles. The average molecular weight is 746 g/mol. The fourth-order valence-corrected chi connectivity index (χ4v) is 6.41. The van der Waals surface area contributed by atoms with Gasteiger partial charge in [-0.3, -0.25) is 19.3 Å². The molecule has 1 aromatic heterocycles. The Labute approximate surface area is 319 Å². The van der Waals surface area contributed by atoms with Gasteiger partial charge in [0, 0.05) is 37.0 Å². The van der Waals surface area contributed by atoms with Crippen molar-refractivity contribution in [2.45, 2.75) is 138 Å². The zero-order chi connectivity index (χ0) is 39.3. The number of nitrogens with one attached hydrogen (secondary N) is 2. The smallest absolute Gasteiger partial charge is 0.270 e. The molecule has 10 nitrogen and oxygen atoms in total. The first-order valence-electron chi connectivity index (χ1n) is 19.5. The van der Waals surface area contributed by atoms with Gasteiger partial charge < -0.3 is 25.1 Å². The van der Waals surface area contributed by atoms with Crippen LogP contribution >= 0.6 is 11.3 Å². The molecule has 0 bridgehead atoms. The van der Waals surface area contributed by atoms with Gasteiger partial charge >= 0.3 is 0 Å². The number of ether oxygens (including phenoxy) is 1. The van der Waals surface area contributed by atoms with Crippen LogP contribution in [0.5, 0.6) is 0 Å². The van der Waals surface area contributed by atoms with Crippen molar-refractivity contribution in [3.8, 4) is 0 Å². The fourth-order valence-electron chi connectivity index (χ4n) is 5.55. The van der Waals surface area contributed by atoms with E-state index in [9.17, 15) is 14.4 Å². The third-order valence-electron chi connectivity index (χ3n) is 8.50. The summed E-state index contributed by atoms with van der Waals surface area (Å²) in [4.78, 5) is 56.1. The first-order valence-corrected chi connectivity index (χ1v) is 20.4. The van der Waals surface area contributed by atoms with Crippen LogP contribution < -0.4 is 10.6 Å². The van der Waals surface area contributed by atoms with Crippen LogP contribution in [0.15, 0.2) is 35.7 Å². The number of benzene rings is 1. The lowest BCUT2D eigenvalue weighted by molar-refractivity contribution is -0.136. The predicted octanol–water partition coefficient (Wildman–Crippen LogP) is 7.87. The molecule has 0 fully saturated rings. The van der Waals surface area contributed by atoms with E-state index < -0.39 is 0 Å². The first-order chi connectivity index (χ1) is 25.0. The van der Waals surface area contributed by atoms with Crippen molar-refractivity contribution in [1.29, 1.82) is 0 Å². The summed E-state index contributed by atoms with van der Waals surface area (Å²) in [5.74, 6) is -0.272. The first kappa shape index (κ1) is 48.9. The topological polar surface area (TPSA) is 121 Å². The van der Waals surface area contributed by atoms with Gasteiger partial charge in [0.2, 0.25) is 11.8 Å². The lowest BCUT2D eigenvalue weighted by atomic mass is 9.95. The Morgan fingerprint density at radius 2 is 1.58 bits per heavy atom. The zero-order valence-electron chi connectivity index (χ0n) is 33.9. The molecule has 52 heavy (non-hydrogen) atoms. The van der Waals surface area contributed by atoms with E-state index in [1.807, 2.05) is 47.2 Å². The van der Waals surface area contributed by atoms with E-state index in [0.29, 0.717) is 25.3 Å². The van der Waals surface area contributed by atoms with Crippen molar-refractivity contribution in [2.24, 2.45) is 5.92 Å². The van der Waals surface area contributed by atoms with Crippen LogP contribution in [-0.4, -0.2) is 91.2 Å². The molecule has 3 unspecified atom stereocenters. The van der Waals surface area contributed by atoms with Gasteiger partial charge in [0.15, 0.2) is 0 Å². The number of likely N-dealkylation sites (N-methyl/N-ethyl adjacent to an activating group) is 1. The average Bonchev–Trinajstić information content (AvgIpc) is 3.64. The van der Waals surface area contributed by atoms with Gasteiger partial charge in [0.05, 0.1) is 13.1 Å². The molecular weight excluding hydrogens is 675 g/mol. The molecule has 296 valence electrons. The maximum Gasteiger partial charge on any atom is 0.270 e. The minimum atomic E-state index is -0.358. The van der Waals surface area contributed by atoms with Crippen molar-refractivity contribution in [1.82, 2.24) is 25.4 Å². The molecule has 0 saturated carbocycles. The summed E-state index contributed by atoms with van der Waals surface area (Å²) in [6, 6.07) is 10.1. The SMILES string of the molecule is C=O.CCCC.CCCCN(C)CC(=O)NCC(=O)N(CCC)C(CC(OCCC)c1nc(C(=O)NC(CCC)Cc2ccccc2)cs1)C(C)C. The molecule has 2 N–H and O–H groups in total. The molecule has 0 aliphatic heterocycles. The molecule has 0 aliphatic rings. The number of carbonyl (C=O) groups is 4. The number of nitrogens with zero attached hydrogens (tertiary/aromatic N) is 3. The molecule has 3 amide bonds. The summed E-state index contributed by atoms with van der Waals surface area (Å²) in [6.07, 6.45) is 9.20. The van der Waals surface area contributed by atoms with E-state index in [2.05, 4.69) is 78.2 Å². The Morgan fingerprint density at radius 1 is 0.904 bits per heavy atom. The lowest BCUT2D eigenvalue weighted by Gasteiger charge is -2.36. The van der Waals surface area contributed by atoms with E-state index in [4.69, 9.17) is 14.5 Å². The highest BCUT2D eigenvalue weighted by atomic mass is 32.1. The van der Waals surface area contributed by atoms with Gasteiger partial charge in [-0.1, -0.05) is 111 Å². The van der Waals surface area contributed by atoms with Crippen LogP contribution in [0.4, 0.5) is 0 Å². The number of hydrogen-bond donors (Lipinski definition) is 2. The minimum absolute atomic E-state index is 0.0216. The van der Waals surface area contributed by atoms with Crippen LogP contribution in [0, 0.1) is 5.92 Å². The lowest BCUT2D eigenvalue weighted by Crippen LogP contribution is -2.49. The van der Waals surface area contributed by atoms with E-state index in [1.54, 1.807) is 0 Å². The number of rotatable bonds is 24. The molecule has 11 heteroatoms. The Hall–Kier alpha value is -3.15. The van der Waals surface area contributed by atoms with E-state index in [0.717, 1.165) is 56.5 Å². The number of amides is 3. The zero-order valence-corrected chi connectivity index (χ0v) is 34.7. The van der Waals surface area contributed by atoms with Crippen molar-refractivity contribution in [3.63, 3.8) is 0 Å². The fraction of sp³-hybridized carbons (Fsp3) is 0.683. The second-order valence-corrected chi connectivity index (χ2v) is 14.5. The molecule has 1 aromatic carbocycles. The van der Waals surface area contributed by atoms with Crippen molar-refractivity contribution in [2.75, 3.05) is 39.8 Å². The van der Waals surface area contributed by atoms with Crippen LogP contribution in [-0.2, 0) is 25.5 Å². The molecule has 1 heterocycles. The summed E-state index contributed by atoms with van der Waals surface area (Å²) in [6.45, 7) is 21.2. The third-order valence-corrected chi connectivity index (χ3v) is 9.44. The molecule has 0 radical (unpaired) electrons. The molecule has 2 rings (SSSR count). The molecule has 3 atom stereocenters. The largest absolute Gasteiger partial charge is 0.371 e. The standard InChI is InChI=1S/C36H59N5O4S.C4H10.CH2O/c1-8-12-20-40(7)25-33(42)37-24-34(43)41(19-10-3)31(27(5)6)23-32(45-21-11-4)36-39-30(26-46-36)35(44)38-29(16-9-2)22-28-17-14-13-15-18-28;1-3-4-2;1-2/h13-15,17-18,26-27,29,31-32H,8-12,16,19-25H2,1-7H3,(H,37,42)(H,38,44);3-4H2,1-2H3;1H2. The Morgan fingerprint density at radius 3 is 2.13 bits per heavy atom. The van der Waals surface area contributed by atoms with Gasteiger partial charge in [0.1, 0.15) is 23.6 Å². The van der Waals surface area contributed by atoms with Crippen LogP contribution in [0.1, 0.15) is 140 Å². The Balaban J connectivity index is 0.00000404. The normalized spacial score (nSPS) is 12.5. The summed E-state index contributed by atoms with van der Waals surface area (Å²) in [7, 11) is 1.92. The molecule has 2 aromatic rings. The molecule has 0 spiro atoms. The van der Waals surface area contributed by atoms with Gasteiger partial charge in [0.25, 0.3) is 5.91 Å². The maximum absolute atomic E-state index is 13.5. The number of unbranched alkanes of at least 4 members (excludes halogenated alkanes) is 2. The maximum atomic E-state index is 13.5. The number of thiazole rings is 1. The minimum Gasteiger partial charge on any atom is -0.371 e. The van der Waals surface area contributed by atoms with Crippen molar-refractivity contribution in [3.05, 3.63) is 52.0 Å². The number of carbonyl (C=O) groups excluding carboxylic acids is 4. The highest BCUT2D eigenvalue weighted by Crippen LogP contribution is 2.31. The Kier molecular flexibility index (Phi) is 28.5. The van der Waals surface area contributed by atoms with Crippen LogP contribution in [0.2, 0.25) is 0 Å². The highest BCUT2D eigenvalue weighted by molar-refractivity contribution is 7.09. The second kappa shape index (κ2) is 30.3. The van der Waals surface area contributed by atoms with Crippen molar-refractivity contribution < 1.29 is 23.9 Å². The number of hydrogen-bond acceptors (Lipinski definition) is 8. The summed E-state index contributed by atoms with van der Waals surface area (Å²) < 4.78 is 6.33. The predicted molar refractivity (Wildman–Crippen MR) is 216 cm³/mol. The van der Waals surface area contributed by atoms with Gasteiger partial charge in [-0.05, 0) is 57.2 Å².